The summed E-state index contributed by atoms with van der Waals surface area (Å²) in [5.41, 5.74) is 1.11. The fourth-order valence-corrected chi connectivity index (χ4v) is 0.907. The van der Waals surface area contributed by atoms with Crippen LogP contribution in [0.25, 0.3) is 0 Å². The lowest BCUT2D eigenvalue weighted by molar-refractivity contribution is 0.529. The van der Waals surface area contributed by atoms with Crippen LogP contribution in [-0.4, -0.2) is 11.4 Å². The number of hydrogen-bond acceptors (Lipinski definition) is 1. The summed E-state index contributed by atoms with van der Waals surface area (Å²) >= 11 is 0. The van der Waals surface area contributed by atoms with Crippen molar-refractivity contribution < 1.29 is 0 Å². The highest BCUT2D eigenvalue weighted by Gasteiger charge is 2.01. The molecule has 1 heterocycles. The maximum absolute atomic E-state index is 3.69. The Morgan fingerprint density at radius 2 is 2.08 bits per heavy atom. The van der Waals surface area contributed by atoms with Crippen molar-refractivity contribution in [3.05, 3.63) is 49.4 Å². The molecule has 0 aromatic carbocycles. The van der Waals surface area contributed by atoms with Crippen molar-refractivity contribution in [1.29, 1.82) is 0 Å². The van der Waals surface area contributed by atoms with Gasteiger partial charge in [0.15, 0.2) is 0 Å². The minimum atomic E-state index is 0.904. The average Bonchev–Trinajstić information content (AvgIpc) is 2.20. The molecule has 1 rings (SSSR count). The van der Waals surface area contributed by atoms with Crippen molar-refractivity contribution in [2.75, 3.05) is 6.54 Å². The first-order valence-corrected chi connectivity index (χ1v) is 4.27. The highest BCUT2D eigenvalue weighted by atomic mass is 15.1. The third-order valence-corrected chi connectivity index (χ3v) is 1.47. The van der Waals surface area contributed by atoms with E-state index in [0.29, 0.717) is 0 Å². The minimum absolute atomic E-state index is 0.904. The molecule has 0 saturated carbocycles. The summed E-state index contributed by atoms with van der Waals surface area (Å²) in [6.07, 6.45) is 9.74. The molecule has 1 nitrogen and oxygen atoms in total. The Kier molecular flexibility index (Phi) is 5.80. The molecule has 66 valence electrons. The Morgan fingerprint density at radius 3 is 2.50 bits per heavy atom. The zero-order chi connectivity index (χ0) is 9.40. The Hall–Kier alpha value is -1.24. The summed E-state index contributed by atoms with van der Waals surface area (Å²) in [7, 11) is 0. The Morgan fingerprint density at radius 1 is 1.42 bits per heavy atom. The summed E-state index contributed by atoms with van der Waals surface area (Å²) in [6, 6.07) is 0. The standard InChI is InChI=1S/C9H11N.C2H6/c1-3-9-7-5-6-8-10(9)4-2;1-2/h3-7H,1-2,8H2;1-2H3. The molecule has 0 aliphatic carbocycles. The van der Waals surface area contributed by atoms with E-state index in [9.17, 15) is 0 Å². The molecular weight excluding hydrogens is 146 g/mol. The second-order valence-corrected chi connectivity index (χ2v) is 2.06. The lowest BCUT2D eigenvalue weighted by Gasteiger charge is -2.21. The minimum Gasteiger partial charge on any atom is -0.345 e. The fraction of sp³-hybridized carbons (Fsp3) is 0.273. The molecule has 0 amide bonds. The van der Waals surface area contributed by atoms with Gasteiger partial charge in [0.25, 0.3) is 0 Å². The van der Waals surface area contributed by atoms with Crippen LogP contribution in [0.15, 0.2) is 49.4 Å². The van der Waals surface area contributed by atoms with Crippen molar-refractivity contribution in [3.63, 3.8) is 0 Å². The normalized spacial score (nSPS) is 14.2. The first kappa shape index (κ1) is 10.8. The third-order valence-electron chi connectivity index (χ3n) is 1.47. The monoisotopic (exact) mass is 163 g/mol. The largest absolute Gasteiger partial charge is 0.345 e. The third kappa shape index (κ3) is 2.79. The molecule has 0 bridgehead atoms. The van der Waals surface area contributed by atoms with E-state index in [1.54, 1.807) is 6.20 Å². The molecule has 1 aliphatic heterocycles. The molecule has 1 heteroatoms. The van der Waals surface area contributed by atoms with Gasteiger partial charge in [-0.25, -0.2) is 0 Å². The van der Waals surface area contributed by atoms with Gasteiger partial charge in [0.1, 0.15) is 0 Å². The predicted octanol–water partition coefficient (Wildman–Crippen LogP) is 3.10. The predicted molar refractivity (Wildman–Crippen MR) is 55.7 cm³/mol. The van der Waals surface area contributed by atoms with Crippen LogP contribution in [0, 0.1) is 0 Å². The Bertz CT molecular complexity index is 199. The molecule has 12 heavy (non-hydrogen) atoms. The van der Waals surface area contributed by atoms with Crippen LogP contribution in [0.2, 0.25) is 0 Å². The van der Waals surface area contributed by atoms with Gasteiger partial charge in [0.2, 0.25) is 0 Å². The number of nitrogens with zero attached hydrogens (tertiary/aromatic N) is 1. The SMILES string of the molecule is C=CC1=CC=CCN1C=C.CC. The molecule has 0 radical (unpaired) electrons. The number of hydrogen-bond donors (Lipinski definition) is 0. The van der Waals surface area contributed by atoms with Crippen LogP contribution in [0.3, 0.4) is 0 Å². The van der Waals surface area contributed by atoms with Gasteiger partial charge in [-0.1, -0.05) is 39.2 Å². The van der Waals surface area contributed by atoms with Crippen molar-refractivity contribution in [3.8, 4) is 0 Å². The first-order valence-electron chi connectivity index (χ1n) is 4.27. The van der Waals surface area contributed by atoms with Gasteiger partial charge in [-0.15, -0.1) is 0 Å². The van der Waals surface area contributed by atoms with Crippen LogP contribution in [0.4, 0.5) is 0 Å². The molecule has 0 saturated heterocycles. The van der Waals surface area contributed by atoms with Gasteiger partial charge in [-0.05, 0) is 18.4 Å². The van der Waals surface area contributed by atoms with Crippen LogP contribution in [-0.2, 0) is 0 Å². The maximum atomic E-state index is 3.69. The molecule has 0 aromatic heterocycles. The van der Waals surface area contributed by atoms with E-state index in [2.05, 4.69) is 19.2 Å². The molecule has 0 fully saturated rings. The zero-order valence-electron chi connectivity index (χ0n) is 7.96. The smallest absolute Gasteiger partial charge is 0.0408 e. The lowest BCUT2D eigenvalue weighted by Crippen LogP contribution is -2.16. The van der Waals surface area contributed by atoms with Gasteiger partial charge in [0.05, 0.1) is 0 Å². The lowest BCUT2D eigenvalue weighted by atomic mass is 10.2. The van der Waals surface area contributed by atoms with E-state index in [0.717, 1.165) is 12.2 Å². The van der Waals surface area contributed by atoms with E-state index >= 15 is 0 Å². The summed E-state index contributed by atoms with van der Waals surface area (Å²) in [5.74, 6) is 0. The highest BCUT2D eigenvalue weighted by Crippen LogP contribution is 2.09. The van der Waals surface area contributed by atoms with Crippen LogP contribution < -0.4 is 0 Å². The van der Waals surface area contributed by atoms with Gasteiger partial charge in [-0.2, -0.15) is 0 Å². The Balaban J connectivity index is 0.000000561. The summed E-state index contributed by atoms with van der Waals surface area (Å²) in [5, 5.41) is 0. The maximum Gasteiger partial charge on any atom is 0.0408 e. The van der Waals surface area contributed by atoms with Crippen molar-refractivity contribution in [2.45, 2.75) is 13.8 Å². The highest BCUT2D eigenvalue weighted by molar-refractivity contribution is 5.26. The second kappa shape index (κ2) is 6.47. The summed E-state index contributed by atoms with van der Waals surface area (Å²) in [4.78, 5) is 2.03. The zero-order valence-corrected chi connectivity index (χ0v) is 7.96. The summed E-state index contributed by atoms with van der Waals surface area (Å²) < 4.78 is 0. The van der Waals surface area contributed by atoms with Gasteiger partial charge >= 0.3 is 0 Å². The molecule has 0 N–H and O–H groups in total. The van der Waals surface area contributed by atoms with E-state index in [4.69, 9.17) is 0 Å². The first-order chi connectivity index (χ1) is 5.88. The van der Waals surface area contributed by atoms with Crippen molar-refractivity contribution in [2.24, 2.45) is 0 Å². The van der Waals surface area contributed by atoms with Gasteiger partial charge in [0, 0.05) is 12.2 Å². The van der Waals surface area contributed by atoms with Gasteiger partial charge in [-0.3, -0.25) is 0 Å². The van der Waals surface area contributed by atoms with E-state index in [1.807, 2.05) is 37.0 Å². The molecular formula is C11H17N. The second-order valence-electron chi connectivity index (χ2n) is 2.06. The van der Waals surface area contributed by atoms with Crippen molar-refractivity contribution >= 4 is 0 Å². The van der Waals surface area contributed by atoms with Crippen molar-refractivity contribution in [1.82, 2.24) is 4.90 Å². The van der Waals surface area contributed by atoms with E-state index in [-0.39, 0.29) is 0 Å². The summed E-state index contributed by atoms with van der Waals surface area (Å²) in [6.45, 7) is 12.3. The number of rotatable bonds is 2. The van der Waals surface area contributed by atoms with Crippen LogP contribution in [0.5, 0.6) is 0 Å². The molecule has 1 aliphatic rings. The molecule has 0 unspecified atom stereocenters. The fourth-order valence-electron chi connectivity index (χ4n) is 0.907. The molecule has 0 aromatic rings. The van der Waals surface area contributed by atoms with E-state index < -0.39 is 0 Å². The quantitative estimate of drug-likeness (QED) is 0.604. The topological polar surface area (TPSA) is 3.24 Å². The number of allylic oxidation sites excluding steroid dienone is 3. The molecule has 0 atom stereocenters. The van der Waals surface area contributed by atoms with Crippen LogP contribution in [0.1, 0.15) is 13.8 Å². The molecule has 0 spiro atoms. The Labute approximate surface area is 75.4 Å². The van der Waals surface area contributed by atoms with Crippen LogP contribution >= 0.6 is 0 Å². The average molecular weight is 163 g/mol. The van der Waals surface area contributed by atoms with E-state index in [1.165, 1.54) is 0 Å². The van der Waals surface area contributed by atoms with Gasteiger partial charge < -0.3 is 4.90 Å².